The van der Waals surface area contributed by atoms with Gasteiger partial charge in [-0.25, -0.2) is 0 Å². The quantitative estimate of drug-likeness (QED) is 0.825. The molecule has 1 amide bonds. The summed E-state index contributed by atoms with van der Waals surface area (Å²) in [5.74, 6) is 0.221. The number of carbonyl (C=O) groups excluding carboxylic acids is 1. The maximum atomic E-state index is 12.7. The third-order valence-corrected chi connectivity index (χ3v) is 5.56. The molecule has 2 fully saturated rings. The van der Waals surface area contributed by atoms with Crippen molar-refractivity contribution in [2.24, 2.45) is 0 Å². The second-order valence-electron chi connectivity index (χ2n) is 7.36. The van der Waals surface area contributed by atoms with Gasteiger partial charge < -0.3 is 14.4 Å². The molecule has 26 heavy (non-hydrogen) atoms. The van der Waals surface area contributed by atoms with E-state index >= 15 is 0 Å². The number of fused-ring (bicyclic) bond motifs is 1. The third kappa shape index (κ3) is 4.08. The lowest BCUT2D eigenvalue weighted by Crippen LogP contribution is -2.42. The molecule has 4 nitrogen and oxygen atoms in total. The monoisotopic (exact) mass is 353 g/mol. The Balaban J connectivity index is 1.29. The Hall–Kier alpha value is -1.91. The molecule has 2 aromatic carbocycles. The van der Waals surface area contributed by atoms with Gasteiger partial charge in [0.25, 0.3) is 0 Å². The zero-order valence-electron chi connectivity index (χ0n) is 15.2. The second kappa shape index (κ2) is 8.19. The van der Waals surface area contributed by atoms with E-state index in [1.807, 2.05) is 23.1 Å². The van der Waals surface area contributed by atoms with Gasteiger partial charge >= 0.3 is 0 Å². The Morgan fingerprint density at radius 1 is 1.08 bits per heavy atom. The van der Waals surface area contributed by atoms with E-state index in [-0.39, 0.29) is 18.1 Å². The molecule has 1 atom stereocenters. The predicted molar refractivity (Wildman–Crippen MR) is 102 cm³/mol. The number of piperidine rings is 1. The number of carbonyl (C=O) groups is 1. The first-order valence-corrected chi connectivity index (χ1v) is 9.77. The van der Waals surface area contributed by atoms with Crippen LogP contribution in [-0.2, 0) is 20.7 Å². The summed E-state index contributed by atoms with van der Waals surface area (Å²) >= 11 is 0. The van der Waals surface area contributed by atoms with Crippen LogP contribution in [0.5, 0.6) is 0 Å². The molecule has 0 bridgehead atoms. The smallest absolute Gasteiger partial charge is 0.227 e. The number of nitrogens with zero attached hydrogens (tertiary/aromatic N) is 1. The highest BCUT2D eigenvalue weighted by molar-refractivity contribution is 5.90. The maximum Gasteiger partial charge on any atom is 0.227 e. The zero-order valence-corrected chi connectivity index (χ0v) is 15.2. The van der Waals surface area contributed by atoms with Gasteiger partial charge in [0.15, 0.2) is 0 Å². The number of likely N-dealkylation sites (tertiary alicyclic amines) is 1. The van der Waals surface area contributed by atoms with Gasteiger partial charge in [0, 0.05) is 19.7 Å². The first-order chi connectivity index (χ1) is 12.8. The fraction of sp³-hybridized carbons (Fsp3) is 0.500. The molecule has 0 N–H and O–H groups in total. The molecule has 2 aliphatic rings. The highest BCUT2D eigenvalue weighted by atomic mass is 16.5. The van der Waals surface area contributed by atoms with Crippen molar-refractivity contribution >= 4 is 16.7 Å². The van der Waals surface area contributed by atoms with Crippen LogP contribution >= 0.6 is 0 Å². The fourth-order valence-corrected chi connectivity index (χ4v) is 4.01. The molecular weight excluding hydrogens is 326 g/mol. The Morgan fingerprint density at radius 3 is 2.69 bits per heavy atom. The Kier molecular flexibility index (Phi) is 5.51. The minimum Gasteiger partial charge on any atom is -0.376 e. The van der Waals surface area contributed by atoms with Gasteiger partial charge in [0.1, 0.15) is 0 Å². The minimum absolute atomic E-state index is 0.221. The predicted octanol–water partition coefficient (Wildman–Crippen LogP) is 3.57. The van der Waals surface area contributed by atoms with E-state index in [9.17, 15) is 4.79 Å². The molecule has 4 rings (SSSR count). The van der Waals surface area contributed by atoms with Gasteiger partial charge in [0.2, 0.25) is 5.91 Å². The Labute approximate surface area is 155 Å². The van der Waals surface area contributed by atoms with Crippen molar-refractivity contribution in [1.29, 1.82) is 0 Å². The standard InChI is InChI=1S/C22H27NO3/c24-22(15-18-7-3-6-17-5-1-2-9-21(17)18)23-12-10-19(11-13-23)26-16-20-8-4-14-25-20/h1-3,5-7,9,19-20H,4,8,10-16H2/t20-/m0/s1. The number of amides is 1. The topological polar surface area (TPSA) is 38.8 Å². The van der Waals surface area contributed by atoms with E-state index in [1.54, 1.807) is 0 Å². The zero-order chi connectivity index (χ0) is 17.8. The molecule has 0 aromatic heterocycles. The van der Waals surface area contributed by atoms with Crippen LogP contribution in [0.25, 0.3) is 10.8 Å². The SMILES string of the molecule is O=C(Cc1cccc2ccccc12)N1CCC(OC[C@@H]2CCCO2)CC1. The van der Waals surface area contributed by atoms with E-state index in [1.165, 1.54) is 10.8 Å². The first kappa shape index (κ1) is 17.5. The summed E-state index contributed by atoms with van der Waals surface area (Å²) < 4.78 is 11.6. The van der Waals surface area contributed by atoms with Gasteiger partial charge in [0.05, 0.1) is 25.2 Å². The first-order valence-electron chi connectivity index (χ1n) is 9.77. The van der Waals surface area contributed by atoms with Crippen molar-refractivity contribution in [2.45, 2.75) is 44.3 Å². The van der Waals surface area contributed by atoms with Crippen LogP contribution in [0.2, 0.25) is 0 Å². The van der Waals surface area contributed by atoms with Gasteiger partial charge in [-0.2, -0.15) is 0 Å². The van der Waals surface area contributed by atoms with Gasteiger partial charge in [-0.15, -0.1) is 0 Å². The van der Waals surface area contributed by atoms with E-state index in [0.29, 0.717) is 13.0 Å². The lowest BCUT2D eigenvalue weighted by atomic mass is 10.0. The molecule has 0 unspecified atom stereocenters. The van der Waals surface area contributed by atoms with Crippen LogP contribution in [0.4, 0.5) is 0 Å². The lowest BCUT2D eigenvalue weighted by Gasteiger charge is -2.32. The Morgan fingerprint density at radius 2 is 1.88 bits per heavy atom. The highest BCUT2D eigenvalue weighted by Crippen LogP contribution is 2.21. The van der Waals surface area contributed by atoms with Crippen LogP contribution in [-0.4, -0.2) is 49.3 Å². The molecule has 0 spiro atoms. The number of hydrogen-bond acceptors (Lipinski definition) is 3. The van der Waals surface area contributed by atoms with Crippen molar-refractivity contribution in [2.75, 3.05) is 26.3 Å². The number of ether oxygens (including phenoxy) is 2. The van der Waals surface area contributed by atoms with Crippen LogP contribution in [0.3, 0.4) is 0 Å². The van der Waals surface area contributed by atoms with Gasteiger partial charge in [-0.1, -0.05) is 42.5 Å². The molecule has 2 aliphatic heterocycles. The summed E-state index contributed by atoms with van der Waals surface area (Å²) in [6, 6.07) is 14.5. The second-order valence-corrected chi connectivity index (χ2v) is 7.36. The lowest BCUT2D eigenvalue weighted by molar-refractivity contribution is -0.133. The van der Waals surface area contributed by atoms with Crippen LogP contribution in [0.1, 0.15) is 31.2 Å². The van der Waals surface area contributed by atoms with E-state index in [2.05, 4.69) is 24.3 Å². The summed E-state index contributed by atoms with van der Waals surface area (Å²) in [5.41, 5.74) is 1.12. The molecule has 2 heterocycles. The summed E-state index contributed by atoms with van der Waals surface area (Å²) in [5, 5.41) is 2.37. The van der Waals surface area contributed by atoms with E-state index in [4.69, 9.17) is 9.47 Å². The van der Waals surface area contributed by atoms with Crippen molar-refractivity contribution < 1.29 is 14.3 Å². The number of hydrogen-bond donors (Lipinski definition) is 0. The average Bonchev–Trinajstić information content (AvgIpc) is 3.21. The van der Waals surface area contributed by atoms with Crippen molar-refractivity contribution in [1.82, 2.24) is 4.90 Å². The van der Waals surface area contributed by atoms with E-state index < -0.39 is 0 Å². The van der Waals surface area contributed by atoms with Crippen molar-refractivity contribution in [3.63, 3.8) is 0 Å². The molecular formula is C22H27NO3. The number of benzene rings is 2. The highest BCUT2D eigenvalue weighted by Gasteiger charge is 2.25. The minimum atomic E-state index is 0.221. The fourth-order valence-electron chi connectivity index (χ4n) is 4.01. The maximum absolute atomic E-state index is 12.7. The van der Waals surface area contributed by atoms with Crippen molar-refractivity contribution in [3.8, 4) is 0 Å². The normalized spacial score (nSPS) is 21.4. The summed E-state index contributed by atoms with van der Waals surface area (Å²) in [7, 11) is 0. The van der Waals surface area contributed by atoms with E-state index in [0.717, 1.165) is 50.9 Å². The summed E-state index contributed by atoms with van der Waals surface area (Å²) in [6.07, 6.45) is 5.13. The van der Waals surface area contributed by atoms with Crippen LogP contribution < -0.4 is 0 Å². The molecule has 0 saturated carbocycles. The molecule has 138 valence electrons. The molecule has 4 heteroatoms. The number of rotatable bonds is 5. The average molecular weight is 353 g/mol. The Bertz CT molecular complexity index is 741. The summed E-state index contributed by atoms with van der Waals surface area (Å²) in [4.78, 5) is 14.7. The summed E-state index contributed by atoms with van der Waals surface area (Å²) in [6.45, 7) is 3.16. The third-order valence-electron chi connectivity index (χ3n) is 5.56. The van der Waals surface area contributed by atoms with Crippen LogP contribution in [0.15, 0.2) is 42.5 Å². The molecule has 0 aliphatic carbocycles. The van der Waals surface area contributed by atoms with Crippen LogP contribution in [0, 0.1) is 0 Å². The molecule has 0 radical (unpaired) electrons. The van der Waals surface area contributed by atoms with Gasteiger partial charge in [-0.3, -0.25) is 4.79 Å². The molecule has 2 saturated heterocycles. The van der Waals surface area contributed by atoms with Gasteiger partial charge in [-0.05, 0) is 42.0 Å². The van der Waals surface area contributed by atoms with Crippen molar-refractivity contribution in [3.05, 3.63) is 48.0 Å². The molecule has 2 aromatic rings. The largest absolute Gasteiger partial charge is 0.376 e.